The van der Waals surface area contributed by atoms with Crippen LogP contribution in [0.25, 0.3) is 11.0 Å². The van der Waals surface area contributed by atoms with Crippen molar-refractivity contribution in [3.05, 3.63) is 60.2 Å². The molecule has 1 aliphatic heterocycles. The summed E-state index contributed by atoms with van der Waals surface area (Å²) in [6.45, 7) is 0.846. The number of carbonyl (C=O) groups is 1. The highest BCUT2D eigenvalue weighted by Gasteiger charge is 2.29. The molecule has 24 heavy (non-hydrogen) atoms. The molecule has 1 fully saturated rings. The summed E-state index contributed by atoms with van der Waals surface area (Å²) in [5.41, 5.74) is 3.18. The van der Waals surface area contributed by atoms with E-state index in [1.165, 1.54) is 17.3 Å². The van der Waals surface area contributed by atoms with Crippen LogP contribution in [-0.4, -0.2) is 33.1 Å². The Balaban J connectivity index is 1.43. The fraction of sp³-hybridized carbons (Fsp3) is 0.263. The molecule has 0 bridgehead atoms. The van der Waals surface area contributed by atoms with E-state index in [1.54, 1.807) is 0 Å². The Morgan fingerprint density at radius 2 is 1.96 bits per heavy atom. The number of imidazole rings is 1. The first-order valence-corrected chi connectivity index (χ1v) is 9.22. The summed E-state index contributed by atoms with van der Waals surface area (Å²) in [4.78, 5) is 22.5. The van der Waals surface area contributed by atoms with Gasteiger partial charge in [-0.2, -0.15) is 0 Å². The standard InChI is InChI=1S/C19H19N3OS/c23-18(13-24-19-20-15-9-4-5-10-16(15)21-19)22-12-6-11-17(22)14-7-2-1-3-8-14/h1-5,7-10,17H,6,11-13H2,(H,20,21)/t17-/m1/s1. The highest BCUT2D eigenvalue weighted by molar-refractivity contribution is 7.99. The van der Waals surface area contributed by atoms with Crippen molar-refractivity contribution < 1.29 is 4.79 Å². The fourth-order valence-corrected chi connectivity index (χ4v) is 4.07. The number of hydrogen-bond acceptors (Lipinski definition) is 3. The number of benzene rings is 2. The number of hydrogen-bond donors (Lipinski definition) is 1. The fourth-order valence-electron chi connectivity index (χ4n) is 3.30. The molecule has 4 nitrogen and oxygen atoms in total. The third-order valence-electron chi connectivity index (χ3n) is 4.46. The summed E-state index contributed by atoms with van der Waals surface area (Å²) in [6.07, 6.45) is 2.12. The van der Waals surface area contributed by atoms with E-state index in [2.05, 4.69) is 22.1 Å². The predicted octanol–water partition coefficient (Wildman–Crippen LogP) is 4.02. The Hall–Kier alpha value is -2.27. The van der Waals surface area contributed by atoms with Crippen LogP contribution in [0.15, 0.2) is 59.8 Å². The Morgan fingerprint density at radius 3 is 2.79 bits per heavy atom. The number of H-pyrrole nitrogens is 1. The van der Waals surface area contributed by atoms with Gasteiger partial charge in [-0.05, 0) is 30.5 Å². The molecule has 122 valence electrons. The van der Waals surface area contributed by atoms with E-state index in [1.807, 2.05) is 47.4 Å². The number of likely N-dealkylation sites (tertiary alicyclic amines) is 1. The van der Waals surface area contributed by atoms with Crippen LogP contribution in [0.2, 0.25) is 0 Å². The lowest BCUT2D eigenvalue weighted by Gasteiger charge is -2.24. The van der Waals surface area contributed by atoms with Gasteiger partial charge in [0.05, 0.1) is 22.8 Å². The van der Waals surface area contributed by atoms with Gasteiger partial charge in [-0.15, -0.1) is 0 Å². The third kappa shape index (κ3) is 3.04. The topological polar surface area (TPSA) is 49.0 Å². The number of aromatic amines is 1. The normalized spacial score (nSPS) is 17.5. The van der Waals surface area contributed by atoms with Gasteiger partial charge in [0.15, 0.2) is 5.16 Å². The average Bonchev–Trinajstić information content (AvgIpc) is 3.27. The molecular weight excluding hydrogens is 318 g/mol. The zero-order valence-electron chi connectivity index (χ0n) is 13.3. The van der Waals surface area contributed by atoms with E-state index in [0.717, 1.165) is 35.6 Å². The summed E-state index contributed by atoms with van der Waals surface area (Å²) in [5, 5.41) is 0.806. The number of fused-ring (bicyclic) bond motifs is 1. The van der Waals surface area contributed by atoms with Crippen molar-refractivity contribution in [2.45, 2.75) is 24.0 Å². The largest absolute Gasteiger partial charge is 0.335 e. The number of nitrogens with zero attached hydrogens (tertiary/aromatic N) is 2. The minimum Gasteiger partial charge on any atom is -0.335 e. The van der Waals surface area contributed by atoms with E-state index in [-0.39, 0.29) is 11.9 Å². The molecule has 0 aliphatic carbocycles. The van der Waals surface area contributed by atoms with Crippen LogP contribution >= 0.6 is 11.8 Å². The quantitative estimate of drug-likeness (QED) is 0.732. The molecule has 4 rings (SSSR count). The molecule has 1 aliphatic rings. The molecule has 0 saturated carbocycles. The van der Waals surface area contributed by atoms with Crippen LogP contribution < -0.4 is 0 Å². The van der Waals surface area contributed by atoms with E-state index in [0.29, 0.717) is 5.75 Å². The Kier molecular flexibility index (Phi) is 4.26. The first-order chi connectivity index (χ1) is 11.8. The smallest absolute Gasteiger partial charge is 0.233 e. The van der Waals surface area contributed by atoms with Gasteiger partial charge in [-0.25, -0.2) is 4.98 Å². The first-order valence-electron chi connectivity index (χ1n) is 8.23. The number of para-hydroxylation sites is 2. The van der Waals surface area contributed by atoms with Crippen LogP contribution in [0.4, 0.5) is 0 Å². The minimum atomic E-state index is 0.187. The molecule has 1 amide bonds. The molecule has 1 aromatic heterocycles. The molecule has 3 aromatic rings. The maximum absolute atomic E-state index is 12.7. The maximum Gasteiger partial charge on any atom is 0.233 e. The van der Waals surface area contributed by atoms with Gasteiger partial charge in [-0.1, -0.05) is 54.2 Å². The molecule has 1 atom stereocenters. The van der Waals surface area contributed by atoms with Crippen LogP contribution in [0.3, 0.4) is 0 Å². The molecule has 0 spiro atoms. The van der Waals surface area contributed by atoms with Crippen molar-refractivity contribution >= 4 is 28.7 Å². The lowest BCUT2D eigenvalue weighted by Crippen LogP contribution is -2.31. The lowest BCUT2D eigenvalue weighted by atomic mass is 10.0. The summed E-state index contributed by atoms with van der Waals surface area (Å²) in [6, 6.07) is 18.5. The molecule has 1 saturated heterocycles. The summed E-state index contributed by atoms with van der Waals surface area (Å²) in [5.74, 6) is 0.607. The first kappa shape index (κ1) is 15.3. The van der Waals surface area contributed by atoms with Crippen LogP contribution in [0.1, 0.15) is 24.4 Å². The molecular formula is C19H19N3OS. The second kappa shape index (κ2) is 6.69. The van der Waals surface area contributed by atoms with E-state index in [9.17, 15) is 4.79 Å². The van der Waals surface area contributed by atoms with Crippen molar-refractivity contribution in [3.8, 4) is 0 Å². The predicted molar refractivity (Wildman–Crippen MR) is 96.9 cm³/mol. The number of rotatable bonds is 4. The van der Waals surface area contributed by atoms with E-state index in [4.69, 9.17) is 0 Å². The summed E-state index contributed by atoms with van der Waals surface area (Å²) >= 11 is 1.48. The van der Waals surface area contributed by atoms with E-state index < -0.39 is 0 Å². The van der Waals surface area contributed by atoms with Gasteiger partial charge in [-0.3, -0.25) is 4.79 Å². The van der Waals surface area contributed by atoms with Crippen molar-refractivity contribution in [3.63, 3.8) is 0 Å². The SMILES string of the molecule is O=C(CSc1nc2ccccc2[nH]1)N1CCC[C@@H]1c1ccccc1. The molecule has 5 heteroatoms. The van der Waals surface area contributed by atoms with Crippen LogP contribution in [0, 0.1) is 0 Å². The number of thioether (sulfide) groups is 1. The van der Waals surface area contributed by atoms with Crippen molar-refractivity contribution in [2.75, 3.05) is 12.3 Å². The van der Waals surface area contributed by atoms with Crippen molar-refractivity contribution in [2.24, 2.45) is 0 Å². The Morgan fingerprint density at radius 1 is 1.17 bits per heavy atom. The average molecular weight is 337 g/mol. The number of nitrogens with one attached hydrogen (secondary N) is 1. The second-order valence-electron chi connectivity index (χ2n) is 6.00. The Bertz CT molecular complexity index is 813. The Labute approximate surface area is 145 Å². The summed E-state index contributed by atoms with van der Waals surface area (Å²) in [7, 11) is 0. The van der Waals surface area contributed by atoms with E-state index >= 15 is 0 Å². The zero-order chi connectivity index (χ0) is 16.4. The van der Waals surface area contributed by atoms with Crippen molar-refractivity contribution in [1.29, 1.82) is 0 Å². The van der Waals surface area contributed by atoms with Gasteiger partial charge < -0.3 is 9.88 Å². The molecule has 1 N–H and O–H groups in total. The zero-order valence-corrected chi connectivity index (χ0v) is 14.1. The monoisotopic (exact) mass is 337 g/mol. The van der Waals surface area contributed by atoms with Crippen molar-refractivity contribution in [1.82, 2.24) is 14.9 Å². The van der Waals surface area contributed by atoms with Gasteiger partial charge in [0.2, 0.25) is 5.91 Å². The third-order valence-corrected chi connectivity index (χ3v) is 5.32. The minimum absolute atomic E-state index is 0.187. The lowest BCUT2D eigenvalue weighted by molar-refractivity contribution is -0.129. The summed E-state index contributed by atoms with van der Waals surface area (Å²) < 4.78 is 0. The molecule has 0 radical (unpaired) electrons. The number of aromatic nitrogens is 2. The van der Waals surface area contributed by atoms with Crippen LogP contribution in [0.5, 0.6) is 0 Å². The maximum atomic E-state index is 12.7. The highest BCUT2D eigenvalue weighted by Crippen LogP contribution is 2.32. The van der Waals surface area contributed by atoms with Gasteiger partial charge >= 0.3 is 0 Å². The van der Waals surface area contributed by atoms with Gasteiger partial charge in [0.25, 0.3) is 0 Å². The number of amides is 1. The second-order valence-corrected chi connectivity index (χ2v) is 6.97. The van der Waals surface area contributed by atoms with Crippen LogP contribution in [-0.2, 0) is 4.79 Å². The molecule has 2 heterocycles. The van der Waals surface area contributed by atoms with Gasteiger partial charge in [0.1, 0.15) is 0 Å². The molecule has 2 aromatic carbocycles. The number of carbonyl (C=O) groups excluding carboxylic acids is 1. The highest BCUT2D eigenvalue weighted by atomic mass is 32.2. The molecule has 0 unspecified atom stereocenters. The van der Waals surface area contributed by atoms with Gasteiger partial charge in [0, 0.05) is 6.54 Å².